The molecule has 3 fully saturated rings. The molecule has 3 aliphatic heterocycles. The zero-order valence-corrected chi connectivity index (χ0v) is 23.5. The van der Waals surface area contributed by atoms with E-state index in [1.165, 1.54) is 12.0 Å². The molecule has 7 heteroatoms. The van der Waals surface area contributed by atoms with Gasteiger partial charge in [0.25, 0.3) is 0 Å². The van der Waals surface area contributed by atoms with Crippen LogP contribution in [0.15, 0.2) is 66.7 Å². The summed E-state index contributed by atoms with van der Waals surface area (Å²) in [5.74, 6) is -1.37. The molecule has 2 bridgehead atoms. The van der Waals surface area contributed by atoms with E-state index in [2.05, 4.69) is 31.4 Å². The van der Waals surface area contributed by atoms with E-state index in [1.807, 2.05) is 66.7 Å². The third-order valence-corrected chi connectivity index (χ3v) is 9.40. The first-order valence-corrected chi connectivity index (χ1v) is 14.7. The number of ether oxygens (including phenoxy) is 1. The van der Waals surface area contributed by atoms with Crippen LogP contribution in [-0.4, -0.2) is 46.4 Å². The Bertz CT molecular complexity index is 1310. The third-order valence-electron chi connectivity index (χ3n) is 9.40. The highest BCUT2D eigenvalue weighted by atomic mass is 16.5. The number of likely N-dealkylation sites (tertiary alicyclic amines) is 1. The molecule has 2 aromatic carbocycles. The number of fused-ring (bicyclic) bond motifs is 1. The van der Waals surface area contributed by atoms with E-state index in [4.69, 9.17) is 4.74 Å². The normalized spacial score (nSPS) is 32.4. The van der Waals surface area contributed by atoms with Crippen LogP contribution in [0.3, 0.4) is 0 Å². The maximum Gasteiger partial charge on any atom is 0.246 e. The van der Waals surface area contributed by atoms with Gasteiger partial charge in [0, 0.05) is 18.3 Å². The van der Waals surface area contributed by atoms with E-state index in [0.29, 0.717) is 17.5 Å². The van der Waals surface area contributed by atoms with Gasteiger partial charge in [-0.1, -0.05) is 88.2 Å². The van der Waals surface area contributed by atoms with Crippen LogP contribution in [-0.2, 0) is 25.7 Å². The van der Waals surface area contributed by atoms with Crippen molar-refractivity contribution in [2.24, 2.45) is 17.8 Å². The molecule has 40 heavy (non-hydrogen) atoms. The summed E-state index contributed by atoms with van der Waals surface area (Å²) in [4.78, 5) is 43.6. The first kappa shape index (κ1) is 26.8. The van der Waals surface area contributed by atoms with Crippen molar-refractivity contribution in [1.29, 1.82) is 0 Å². The molecule has 2 aromatic rings. The molecule has 0 unspecified atom stereocenters. The predicted octanol–water partition coefficient (Wildman–Crippen LogP) is 4.79. The number of anilines is 1. The fourth-order valence-electron chi connectivity index (χ4n) is 7.19. The lowest BCUT2D eigenvalue weighted by molar-refractivity contribution is -0.142. The molecule has 1 spiro atoms. The van der Waals surface area contributed by atoms with Crippen LogP contribution in [0.5, 0.6) is 0 Å². The fraction of sp³-hybridized carbons (Fsp3) is 0.485. The highest BCUT2D eigenvalue weighted by molar-refractivity contribution is 6.02. The number of benzene rings is 2. The van der Waals surface area contributed by atoms with Crippen LogP contribution < -0.4 is 10.6 Å². The highest BCUT2D eigenvalue weighted by Gasteiger charge is 2.72. The molecule has 6 rings (SSSR count). The van der Waals surface area contributed by atoms with Crippen molar-refractivity contribution < 1.29 is 19.1 Å². The van der Waals surface area contributed by atoms with Crippen molar-refractivity contribution in [1.82, 2.24) is 10.2 Å². The zero-order valence-electron chi connectivity index (χ0n) is 23.5. The minimum Gasteiger partial charge on any atom is -0.359 e. The van der Waals surface area contributed by atoms with E-state index in [1.54, 1.807) is 4.90 Å². The lowest BCUT2D eigenvalue weighted by Gasteiger charge is -2.36. The number of amides is 3. The van der Waals surface area contributed by atoms with Gasteiger partial charge in [-0.25, -0.2) is 0 Å². The number of rotatable bonds is 7. The van der Waals surface area contributed by atoms with Crippen LogP contribution in [0, 0.1) is 17.8 Å². The smallest absolute Gasteiger partial charge is 0.246 e. The maximum absolute atomic E-state index is 14.2. The topological polar surface area (TPSA) is 87.7 Å². The fourth-order valence-corrected chi connectivity index (χ4v) is 7.19. The Morgan fingerprint density at radius 1 is 1.02 bits per heavy atom. The van der Waals surface area contributed by atoms with Gasteiger partial charge in [-0.15, -0.1) is 0 Å². The minimum atomic E-state index is -1.16. The maximum atomic E-state index is 14.2. The summed E-state index contributed by atoms with van der Waals surface area (Å²) in [5.41, 5.74) is 1.64. The van der Waals surface area contributed by atoms with E-state index in [9.17, 15) is 14.4 Å². The molecule has 4 aliphatic rings. The van der Waals surface area contributed by atoms with Crippen molar-refractivity contribution in [3.63, 3.8) is 0 Å². The van der Waals surface area contributed by atoms with Gasteiger partial charge in [0.15, 0.2) is 0 Å². The van der Waals surface area contributed by atoms with Crippen molar-refractivity contribution in [2.45, 2.75) is 82.7 Å². The van der Waals surface area contributed by atoms with E-state index in [0.717, 1.165) is 24.8 Å². The molecule has 3 heterocycles. The van der Waals surface area contributed by atoms with E-state index < -0.39 is 29.6 Å². The first-order chi connectivity index (χ1) is 19.3. The first-order valence-electron chi connectivity index (χ1n) is 14.7. The van der Waals surface area contributed by atoms with Crippen molar-refractivity contribution in [3.05, 3.63) is 77.9 Å². The number of hydrogen-bond acceptors (Lipinski definition) is 4. The molecule has 7 nitrogen and oxygen atoms in total. The summed E-state index contributed by atoms with van der Waals surface area (Å²) in [6.45, 7) is 6.71. The van der Waals surface area contributed by atoms with Crippen LogP contribution in [0.1, 0.15) is 63.5 Å². The molecule has 2 saturated heterocycles. The Kier molecular flexibility index (Phi) is 7.03. The van der Waals surface area contributed by atoms with Crippen LogP contribution in [0.4, 0.5) is 5.69 Å². The Labute approximate surface area is 236 Å². The van der Waals surface area contributed by atoms with Gasteiger partial charge < -0.3 is 20.3 Å². The number of carbonyl (C=O) groups is 3. The summed E-state index contributed by atoms with van der Waals surface area (Å²) in [6.07, 6.45) is 7.46. The van der Waals surface area contributed by atoms with E-state index in [-0.39, 0.29) is 30.3 Å². The van der Waals surface area contributed by atoms with Gasteiger partial charge in [-0.05, 0) is 47.9 Å². The summed E-state index contributed by atoms with van der Waals surface area (Å²) in [7, 11) is 0. The van der Waals surface area contributed by atoms with Gasteiger partial charge in [0.05, 0.1) is 17.9 Å². The SMILES string of the molecule is CC(C)c1ccc(NC(=O)[C@@H]2[C@@H]3C=C[C@]4(O3)[C@@H]2C(=O)N(Cc2ccccc2)[C@H]4C(=O)N[C@H]2CCCC[C@H]2C)cc1. The van der Waals surface area contributed by atoms with Crippen LogP contribution >= 0.6 is 0 Å². The standard InChI is InChI=1S/C33H39N3O4/c1-20(2)23-13-15-24(16-14-23)34-30(37)27-26-17-18-33(40-26)28(27)32(39)36(19-22-10-5-4-6-11-22)29(33)31(38)35-25-12-8-7-9-21(25)3/h4-6,10-11,13-18,20-21,25-29H,7-9,12,19H2,1-3H3,(H,34,37)(H,35,38)/t21-,25+,26+,27-,28+,29+,33+/m1/s1. The van der Waals surface area contributed by atoms with Gasteiger partial charge >= 0.3 is 0 Å². The van der Waals surface area contributed by atoms with Crippen LogP contribution in [0.2, 0.25) is 0 Å². The Balaban J connectivity index is 1.30. The molecule has 1 saturated carbocycles. The van der Waals surface area contributed by atoms with Crippen molar-refractivity contribution in [2.75, 3.05) is 5.32 Å². The minimum absolute atomic E-state index is 0.0702. The zero-order chi connectivity index (χ0) is 28.0. The predicted molar refractivity (Wildman–Crippen MR) is 153 cm³/mol. The highest BCUT2D eigenvalue weighted by Crippen LogP contribution is 2.55. The number of carbonyl (C=O) groups excluding carboxylic acids is 3. The molecular weight excluding hydrogens is 502 g/mol. The van der Waals surface area contributed by atoms with Gasteiger partial charge in [0.1, 0.15) is 11.6 Å². The van der Waals surface area contributed by atoms with Gasteiger partial charge in [0.2, 0.25) is 17.7 Å². The molecule has 2 N–H and O–H groups in total. The Morgan fingerprint density at radius 2 is 1.75 bits per heavy atom. The molecule has 1 aliphatic carbocycles. The Morgan fingerprint density at radius 3 is 2.45 bits per heavy atom. The third kappa shape index (κ3) is 4.54. The number of hydrogen-bond donors (Lipinski definition) is 2. The summed E-state index contributed by atoms with van der Waals surface area (Å²) < 4.78 is 6.50. The lowest BCUT2D eigenvalue weighted by atomic mass is 9.74. The summed E-state index contributed by atoms with van der Waals surface area (Å²) in [5, 5.41) is 6.31. The van der Waals surface area contributed by atoms with E-state index >= 15 is 0 Å². The van der Waals surface area contributed by atoms with Crippen LogP contribution in [0.25, 0.3) is 0 Å². The quantitative estimate of drug-likeness (QED) is 0.494. The van der Waals surface area contributed by atoms with Crippen molar-refractivity contribution >= 4 is 23.4 Å². The largest absolute Gasteiger partial charge is 0.359 e. The molecule has 0 aromatic heterocycles. The second-order valence-electron chi connectivity index (χ2n) is 12.3. The molecule has 7 atom stereocenters. The second-order valence-corrected chi connectivity index (χ2v) is 12.3. The average molecular weight is 542 g/mol. The molecule has 3 amide bonds. The van der Waals surface area contributed by atoms with Crippen molar-refractivity contribution in [3.8, 4) is 0 Å². The molecular formula is C33H39N3O4. The summed E-state index contributed by atoms with van der Waals surface area (Å²) in [6, 6.07) is 16.7. The van der Waals surface area contributed by atoms with Gasteiger partial charge in [-0.2, -0.15) is 0 Å². The number of nitrogens with zero attached hydrogens (tertiary/aromatic N) is 1. The average Bonchev–Trinajstić information content (AvgIpc) is 3.58. The lowest BCUT2D eigenvalue weighted by Crippen LogP contribution is -2.57. The molecule has 0 radical (unpaired) electrons. The number of nitrogens with one attached hydrogen (secondary N) is 2. The second kappa shape index (κ2) is 10.5. The summed E-state index contributed by atoms with van der Waals surface area (Å²) >= 11 is 0. The monoisotopic (exact) mass is 541 g/mol. The molecule has 210 valence electrons. The van der Waals surface area contributed by atoms with Gasteiger partial charge in [-0.3, -0.25) is 14.4 Å². The Hall–Kier alpha value is -3.45.